The van der Waals surface area contributed by atoms with Gasteiger partial charge in [0, 0.05) is 6.04 Å². The smallest absolute Gasteiger partial charge is 0.271 e. The van der Waals surface area contributed by atoms with Crippen molar-refractivity contribution in [1.82, 2.24) is 5.43 Å². The monoisotopic (exact) mass is 244 g/mol. The Morgan fingerprint density at radius 3 is 2.65 bits per heavy atom. The summed E-state index contributed by atoms with van der Waals surface area (Å²) in [6, 6.07) is 7.15. The fourth-order valence-electron chi connectivity index (χ4n) is 2.41. The predicted molar refractivity (Wildman–Crippen MR) is 59.3 cm³/mol. The van der Waals surface area contributed by atoms with Gasteiger partial charge in [0.15, 0.2) is 0 Å². The summed E-state index contributed by atoms with van der Waals surface area (Å²) in [5, 5.41) is 0. The number of hydrazine groups is 1. The SMILES string of the molecule is NNC(CC1Cc2ccccc21)CC(F)(F)F. The van der Waals surface area contributed by atoms with E-state index in [1.807, 2.05) is 24.3 Å². The molecule has 1 aliphatic carbocycles. The van der Waals surface area contributed by atoms with Crippen molar-refractivity contribution in [3.05, 3.63) is 35.4 Å². The Hall–Kier alpha value is -1.07. The summed E-state index contributed by atoms with van der Waals surface area (Å²) in [6.45, 7) is 0. The van der Waals surface area contributed by atoms with Crippen LogP contribution in [0, 0.1) is 0 Å². The molecule has 94 valence electrons. The largest absolute Gasteiger partial charge is 0.390 e. The topological polar surface area (TPSA) is 38.0 Å². The van der Waals surface area contributed by atoms with Gasteiger partial charge in [-0.15, -0.1) is 0 Å². The molecule has 2 nitrogen and oxygen atoms in total. The molecule has 2 rings (SSSR count). The van der Waals surface area contributed by atoms with Gasteiger partial charge in [0.1, 0.15) is 0 Å². The first-order chi connectivity index (χ1) is 7.99. The molecule has 1 aliphatic rings. The van der Waals surface area contributed by atoms with Gasteiger partial charge in [-0.25, -0.2) is 0 Å². The van der Waals surface area contributed by atoms with Crippen LogP contribution in [0.5, 0.6) is 0 Å². The Morgan fingerprint density at radius 2 is 2.06 bits per heavy atom. The summed E-state index contributed by atoms with van der Waals surface area (Å²) in [5.41, 5.74) is 4.67. The van der Waals surface area contributed by atoms with Gasteiger partial charge < -0.3 is 0 Å². The van der Waals surface area contributed by atoms with Gasteiger partial charge in [-0.05, 0) is 29.9 Å². The standard InChI is InChI=1S/C12H15F3N2/c13-12(14,15)7-10(17-16)6-9-5-8-3-1-2-4-11(8)9/h1-4,9-10,17H,5-7,16H2. The fraction of sp³-hybridized carbons (Fsp3) is 0.500. The maximum atomic E-state index is 12.3. The highest BCUT2D eigenvalue weighted by molar-refractivity contribution is 5.39. The van der Waals surface area contributed by atoms with E-state index in [0.29, 0.717) is 6.42 Å². The summed E-state index contributed by atoms with van der Waals surface area (Å²) in [6.07, 6.45) is -3.75. The normalized spacial score (nSPS) is 20.6. The molecule has 1 aromatic rings. The molecule has 5 heteroatoms. The second-order valence-electron chi connectivity index (χ2n) is 4.52. The van der Waals surface area contributed by atoms with Gasteiger partial charge in [0.05, 0.1) is 6.42 Å². The third-order valence-electron chi connectivity index (χ3n) is 3.24. The molecule has 0 saturated carbocycles. The molecule has 3 N–H and O–H groups in total. The molecular weight excluding hydrogens is 229 g/mol. The lowest BCUT2D eigenvalue weighted by atomic mass is 9.74. The Kier molecular flexibility index (Phi) is 3.40. The number of nitrogens with two attached hydrogens (primary N) is 1. The van der Waals surface area contributed by atoms with Crippen LogP contribution in [0.15, 0.2) is 24.3 Å². The molecule has 0 heterocycles. The van der Waals surface area contributed by atoms with Crippen molar-refractivity contribution in [3.63, 3.8) is 0 Å². The summed E-state index contributed by atoms with van der Waals surface area (Å²) in [5.74, 6) is 5.38. The molecular formula is C12H15F3N2. The van der Waals surface area contributed by atoms with Crippen LogP contribution >= 0.6 is 0 Å². The average molecular weight is 244 g/mol. The van der Waals surface area contributed by atoms with Crippen LogP contribution in [-0.2, 0) is 6.42 Å². The molecule has 0 spiro atoms. The van der Waals surface area contributed by atoms with Crippen LogP contribution < -0.4 is 11.3 Å². The van der Waals surface area contributed by atoms with Crippen molar-refractivity contribution in [2.45, 2.75) is 37.4 Å². The van der Waals surface area contributed by atoms with Gasteiger partial charge in [0.2, 0.25) is 0 Å². The third-order valence-corrected chi connectivity index (χ3v) is 3.24. The van der Waals surface area contributed by atoms with Crippen LogP contribution in [0.1, 0.15) is 29.9 Å². The first-order valence-corrected chi connectivity index (χ1v) is 5.60. The first-order valence-electron chi connectivity index (χ1n) is 5.60. The van der Waals surface area contributed by atoms with Crippen LogP contribution in [0.2, 0.25) is 0 Å². The van der Waals surface area contributed by atoms with E-state index in [0.717, 1.165) is 12.0 Å². The molecule has 0 amide bonds. The minimum Gasteiger partial charge on any atom is -0.271 e. The Morgan fingerprint density at radius 1 is 1.35 bits per heavy atom. The van der Waals surface area contributed by atoms with Gasteiger partial charge in [-0.1, -0.05) is 24.3 Å². The van der Waals surface area contributed by atoms with Crippen molar-refractivity contribution in [3.8, 4) is 0 Å². The second-order valence-corrected chi connectivity index (χ2v) is 4.52. The number of fused-ring (bicyclic) bond motifs is 1. The third kappa shape index (κ3) is 2.98. The number of alkyl halides is 3. The molecule has 0 fully saturated rings. The predicted octanol–water partition coefficient (Wildman–Crippen LogP) is 2.50. The highest BCUT2D eigenvalue weighted by Crippen LogP contribution is 2.39. The molecule has 1 aromatic carbocycles. The molecule has 0 aromatic heterocycles. The zero-order valence-electron chi connectivity index (χ0n) is 9.30. The molecule has 0 aliphatic heterocycles. The molecule has 2 unspecified atom stereocenters. The number of nitrogens with one attached hydrogen (secondary N) is 1. The highest BCUT2D eigenvalue weighted by atomic mass is 19.4. The number of rotatable bonds is 4. The first kappa shape index (κ1) is 12.4. The highest BCUT2D eigenvalue weighted by Gasteiger charge is 2.35. The quantitative estimate of drug-likeness (QED) is 0.631. The number of halogens is 3. The zero-order chi connectivity index (χ0) is 12.5. The van der Waals surface area contributed by atoms with E-state index in [-0.39, 0.29) is 5.92 Å². The van der Waals surface area contributed by atoms with E-state index >= 15 is 0 Å². The maximum Gasteiger partial charge on any atom is 0.390 e. The Bertz CT molecular complexity index is 390. The number of benzene rings is 1. The summed E-state index contributed by atoms with van der Waals surface area (Å²) >= 11 is 0. The van der Waals surface area contributed by atoms with Crippen molar-refractivity contribution in [2.24, 2.45) is 5.84 Å². The van der Waals surface area contributed by atoms with E-state index < -0.39 is 18.6 Å². The average Bonchev–Trinajstić information content (AvgIpc) is 2.22. The molecule has 0 bridgehead atoms. The summed E-state index contributed by atoms with van der Waals surface area (Å²) < 4.78 is 36.8. The van der Waals surface area contributed by atoms with Crippen LogP contribution in [0.3, 0.4) is 0 Å². The Labute approximate surface area is 98.0 Å². The van der Waals surface area contributed by atoms with Gasteiger partial charge in [-0.3, -0.25) is 11.3 Å². The van der Waals surface area contributed by atoms with Crippen molar-refractivity contribution < 1.29 is 13.2 Å². The van der Waals surface area contributed by atoms with Crippen LogP contribution in [0.4, 0.5) is 13.2 Å². The van der Waals surface area contributed by atoms with Gasteiger partial charge >= 0.3 is 6.18 Å². The molecule has 0 radical (unpaired) electrons. The van der Waals surface area contributed by atoms with Crippen molar-refractivity contribution in [2.75, 3.05) is 0 Å². The van der Waals surface area contributed by atoms with Crippen LogP contribution in [0.25, 0.3) is 0 Å². The summed E-state index contributed by atoms with van der Waals surface area (Å²) in [4.78, 5) is 0. The van der Waals surface area contributed by atoms with E-state index in [9.17, 15) is 13.2 Å². The molecule has 17 heavy (non-hydrogen) atoms. The maximum absolute atomic E-state index is 12.3. The van der Waals surface area contributed by atoms with Crippen molar-refractivity contribution >= 4 is 0 Å². The fourth-order valence-corrected chi connectivity index (χ4v) is 2.41. The minimum atomic E-state index is -4.17. The molecule has 0 saturated heterocycles. The zero-order valence-corrected chi connectivity index (χ0v) is 9.30. The lowest BCUT2D eigenvalue weighted by Gasteiger charge is -2.33. The second kappa shape index (κ2) is 4.66. The van der Waals surface area contributed by atoms with E-state index in [2.05, 4.69) is 5.43 Å². The lowest BCUT2D eigenvalue weighted by molar-refractivity contribution is -0.140. The minimum absolute atomic E-state index is 0.203. The number of hydrogen-bond acceptors (Lipinski definition) is 2. The van der Waals surface area contributed by atoms with E-state index in [1.165, 1.54) is 5.56 Å². The lowest BCUT2D eigenvalue weighted by Crippen LogP contribution is -2.40. The molecule has 2 atom stereocenters. The van der Waals surface area contributed by atoms with Gasteiger partial charge in [0.25, 0.3) is 0 Å². The number of hydrogen-bond donors (Lipinski definition) is 2. The van der Waals surface area contributed by atoms with E-state index in [4.69, 9.17) is 5.84 Å². The van der Waals surface area contributed by atoms with Crippen LogP contribution in [-0.4, -0.2) is 12.2 Å². The van der Waals surface area contributed by atoms with E-state index in [1.54, 1.807) is 0 Å². The summed E-state index contributed by atoms with van der Waals surface area (Å²) in [7, 11) is 0. The van der Waals surface area contributed by atoms with Crippen molar-refractivity contribution in [1.29, 1.82) is 0 Å². The van der Waals surface area contributed by atoms with Gasteiger partial charge in [-0.2, -0.15) is 13.2 Å². The Balaban J connectivity index is 1.94.